The molecule has 110 valence electrons. The molecule has 1 heterocycles. The largest absolute Gasteiger partial charge is 0.353 e. The molecule has 19 heavy (non-hydrogen) atoms. The van der Waals surface area contributed by atoms with E-state index in [2.05, 4.69) is 17.6 Å². The summed E-state index contributed by atoms with van der Waals surface area (Å²) in [5.41, 5.74) is 0. The van der Waals surface area contributed by atoms with Gasteiger partial charge in [0.15, 0.2) is 0 Å². The highest BCUT2D eigenvalue weighted by molar-refractivity contribution is 5.85. The third-order valence-corrected chi connectivity index (χ3v) is 5.46. The summed E-state index contributed by atoms with van der Waals surface area (Å²) in [5, 5.41) is 6.59. The van der Waals surface area contributed by atoms with Gasteiger partial charge in [-0.15, -0.1) is 12.4 Å². The fourth-order valence-corrected chi connectivity index (χ4v) is 4.48. The standard InChI is InChI=1S/C15H26N2O.ClH/c1-10(14-7-11-2-3-13(14)6-11)17-15(18)8-12-4-5-16-9-12;/h10-14,16H,2-9H2,1H3,(H,17,18);1H. The number of carbonyl (C=O) groups is 1. The second-order valence-electron chi connectivity index (χ2n) is 6.76. The smallest absolute Gasteiger partial charge is 0.220 e. The maximum Gasteiger partial charge on any atom is 0.220 e. The van der Waals surface area contributed by atoms with Gasteiger partial charge in [-0.2, -0.15) is 0 Å². The van der Waals surface area contributed by atoms with Crippen LogP contribution in [0.2, 0.25) is 0 Å². The summed E-state index contributed by atoms with van der Waals surface area (Å²) in [6.07, 6.45) is 7.51. The topological polar surface area (TPSA) is 41.1 Å². The van der Waals surface area contributed by atoms with Gasteiger partial charge in [0.05, 0.1) is 0 Å². The van der Waals surface area contributed by atoms with Gasteiger partial charge in [0.25, 0.3) is 0 Å². The molecule has 0 aromatic carbocycles. The quantitative estimate of drug-likeness (QED) is 0.833. The van der Waals surface area contributed by atoms with E-state index in [0.717, 1.165) is 43.7 Å². The second-order valence-corrected chi connectivity index (χ2v) is 6.76. The first-order valence-electron chi connectivity index (χ1n) is 7.72. The van der Waals surface area contributed by atoms with Gasteiger partial charge in [-0.1, -0.05) is 6.42 Å². The van der Waals surface area contributed by atoms with Crippen LogP contribution in [0.5, 0.6) is 0 Å². The molecule has 3 aliphatic rings. The first-order valence-corrected chi connectivity index (χ1v) is 7.72. The fourth-order valence-electron chi connectivity index (χ4n) is 4.48. The van der Waals surface area contributed by atoms with E-state index in [-0.39, 0.29) is 18.3 Å². The summed E-state index contributed by atoms with van der Waals surface area (Å²) in [6, 6.07) is 0.391. The Morgan fingerprint density at radius 3 is 2.74 bits per heavy atom. The lowest BCUT2D eigenvalue weighted by atomic mass is 9.84. The highest BCUT2D eigenvalue weighted by Gasteiger charge is 2.42. The van der Waals surface area contributed by atoms with Gasteiger partial charge in [-0.25, -0.2) is 0 Å². The van der Waals surface area contributed by atoms with Crippen molar-refractivity contribution in [2.75, 3.05) is 13.1 Å². The highest BCUT2D eigenvalue weighted by atomic mass is 35.5. The van der Waals surface area contributed by atoms with Crippen LogP contribution in [-0.2, 0) is 4.79 Å². The zero-order chi connectivity index (χ0) is 12.5. The molecule has 5 unspecified atom stereocenters. The summed E-state index contributed by atoms with van der Waals surface area (Å²) < 4.78 is 0. The van der Waals surface area contributed by atoms with Crippen molar-refractivity contribution in [2.24, 2.45) is 23.7 Å². The van der Waals surface area contributed by atoms with Gasteiger partial charge in [0, 0.05) is 12.5 Å². The summed E-state index contributed by atoms with van der Waals surface area (Å²) in [7, 11) is 0. The number of hydrogen-bond acceptors (Lipinski definition) is 2. The number of nitrogens with one attached hydrogen (secondary N) is 2. The Morgan fingerprint density at radius 1 is 1.32 bits per heavy atom. The predicted molar refractivity (Wildman–Crippen MR) is 79.4 cm³/mol. The van der Waals surface area contributed by atoms with Gasteiger partial charge in [0.2, 0.25) is 5.91 Å². The Kier molecular flexibility index (Phi) is 5.13. The SMILES string of the molecule is CC(NC(=O)CC1CCNC1)C1CC2CCC1C2.Cl. The molecule has 2 bridgehead atoms. The molecular formula is C15H27ClN2O. The van der Waals surface area contributed by atoms with Crippen LogP contribution in [0.3, 0.4) is 0 Å². The molecule has 4 heteroatoms. The monoisotopic (exact) mass is 286 g/mol. The van der Waals surface area contributed by atoms with E-state index < -0.39 is 0 Å². The Bertz CT molecular complexity index is 317. The Labute approximate surface area is 122 Å². The van der Waals surface area contributed by atoms with E-state index in [1.165, 1.54) is 25.7 Å². The Morgan fingerprint density at radius 2 is 2.16 bits per heavy atom. The molecule has 3 fully saturated rings. The molecule has 5 atom stereocenters. The van der Waals surface area contributed by atoms with Crippen LogP contribution in [0.1, 0.15) is 45.4 Å². The third-order valence-electron chi connectivity index (χ3n) is 5.46. The van der Waals surface area contributed by atoms with E-state index >= 15 is 0 Å². The first-order chi connectivity index (χ1) is 8.72. The van der Waals surface area contributed by atoms with Crippen LogP contribution >= 0.6 is 12.4 Å². The zero-order valence-corrected chi connectivity index (χ0v) is 12.7. The van der Waals surface area contributed by atoms with Crippen molar-refractivity contribution >= 4 is 18.3 Å². The summed E-state index contributed by atoms with van der Waals surface area (Å²) >= 11 is 0. The van der Waals surface area contributed by atoms with Crippen LogP contribution in [-0.4, -0.2) is 25.0 Å². The van der Waals surface area contributed by atoms with Crippen LogP contribution in [0, 0.1) is 23.7 Å². The average molecular weight is 287 g/mol. The fraction of sp³-hybridized carbons (Fsp3) is 0.933. The van der Waals surface area contributed by atoms with Crippen molar-refractivity contribution in [2.45, 2.75) is 51.5 Å². The lowest BCUT2D eigenvalue weighted by Crippen LogP contribution is -2.40. The van der Waals surface area contributed by atoms with Crippen LogP contribution in [0.4, 0.5) is 0 Å². The third kappa shape index (κ3) is 3.43. The van der Waals surface area contributed by atoms with Gasteiger partial charge < -0.3 is 10.6 Å². The second kappa shape index (κ2) is 6.45. The van der Waals surface area contributed by atoms with Crippen LogP contribution in [0.15, 0.2) is 0 Å². The van der Waals surface area contributed by atoms with Gasteiger partial charge in [-0.3, -0.25) is 4.79 Å². The number of hydrogen-bond donors (Lipinski definition) is 2. The number of carbonyl (C=O) groups excluding carboxylic acids is 1. The molecule has 0 radical (unpaired) electrons. The molecule has 0 aromatic heterocycles. The maximum atomic E-state index is 12.0. The lowest BCUT2D eigenvalue weighted by Gasteiger charge is -2.28. The molecule has 2 aliphatic carbocycles. The van der Waals surface area contributed by atoms with Gasteiger partial charge in [-0.05, 0) is 69.4 Å². The Balaban J connectivity index is 0.00000133. The minimum absolute atomic E-state index is 0. The maximum absolute atomic E-state index is 12.0. The van der Waals surface area contributed by atoms with Crippen molar-refractivity contribution < 1.29 is 4.79 Å². The van der Waals surface area contributed by atoms with Crippen LogP contribution in [0.25, 0.3) is 0 Å². The number of halogens is 1. The van der Waals surface area contributed by atoms with E-state index in [4.69, 9.17) is 0 Å². The van der Waals surface area contributed by atoms with Gasteiger partial charge >= 0.3 is 0 Å². The molecule has 1 saturated heterocycles. The van der Waals surface area contributed by atoms with E-state index in [0.29, 0.717) is 12.0 Å². The number of fused-ring (bicyclic) bond motifs is 2. The van der Waals surface area contributed by atoms with Crippen LogP contribution < -0.4 is 10.6 Å². The number of amides is 1. The van der Waals surface area contributed by atoms with E-state index in [1.807, 2.05) is 0 Å². The molecule has 1 amide bonds. The predicted octanol–water partition coefficient (Wildman–Crippen LogP) is 2.35. The molecule has 2 N–H and O–H groups in total. The van der Waals surface area contributed by atoms with E-state index in [1.54, 1.807) is 0 Å². The van der Waals surface area contributed by atoms with Crippen molar-refractivity contribution in [3.8, 4) is 0 Å². The van der Waals surface area contributed by atoms with Crippen molar-refractivity contribution in [1.29, 1.82) is 0 Å². The average Bonchev–Trinajstić information content (AvgIpc) is 3.04. The minimum Gasteiger partial charge on any atom is -0.353 e. The molecule has 0 spiro atoms. The zero-order valence-electron chi connectivity index (χ0n) is 11.9. The van der Waals surface area contributed by atoms with E-state index in [9.17, 15) is 4.79 Å². The van der Waals surface area contributed by atoms with Crippen molar-refractivity contribution in [3.05, 3.63) is 0 Å². The first kappa shape index (κ1) is 15.1. The highest BCUT2D eigenvalue weighted by Crippen LogP contribution is 2.49. The molecule has 0 aromatic rings. The molecule has 3 rings (SSSR count). The molecular weight excluding hydrogens is 260 g/mol. The lowest BCUT2D eigenvalue weighted by molar-refractivity contribution is -0.123. The molecule has 1 aliphatic heterocycles. The summed E-state index contributed by atoms with van der Waals surface area (Å²) in [5.74, 6) is 3.47. The van der Waals surface area contributed by atoms with Gasteiger partial charge in [0.1, 0.15) is 0 Å². The molecule has 3 nitrogen and oxygen atoms in total. The van der Waals surface area contributed by atoms with Crippen molar-refractivity contribution in [1.82, 2.24) is 10.6 Å². The minimum atomic E-state index is 0. The van der Waals surface area contributed by atoms with Crippen molar-refractivity contribution in [3.63, 3.8) is 0 Å². The Hall–Kier alpha value is -0.280. The summed E-state index contributed by atoms with van der Waals surface area (Å²) in [4.78, 5) is 12.0. The number of rotatable bonds is 4. The summed E-state index contributed by atoms with van der Waals surface area (Å²) in [6.45, 7) is 4.33. The normalized spacial score (nSPS) is 37.9. The molecule has 2 saturated carbocycles.